The third kappa shape index (κ3) is 61.6. The van der Waals surface area contributed by atoms with Gasteiger partial charge in [-0.05, 0) is 57.8 Å². The summed E-state index contributed by atoms with van der Waals surface area (Å²) in [7, 11) is 0. The zero-order valence-electron chi connectivity index (χ0n) is 51.5. The van der Waals surface area contributed by atoms with Crippen molar-refractivity contribution < 1.29 is 24.5 Å². The second kappa shape index (κ2) is 65.9. The van der Waals surface area contributed by atoms with Gasteiger partial charge in [-0.1, -0.05) is 340 Å². The quantitative estimate of drug-likeness (QED) is 0.0320. The third-order valence-electron chi connectivity index (χ3n) is 16.2. The van der Waals surface area contributed by atoms with Crippen LogP contribution in [0.4, 0.5) is 0 Å². The molecule has 0 fully saturated rings. The van der Waals surface area contributed by atoms with Crippen molar-refractivity contribution >= 4 is 11.9 Å². The molecule has 2 unspecified atom stereocenters. The maximum Gasteiger partial charge on any atom is 0.305 e. The van der Waals surface area contributed by atoms with Crippen LogP contribution in [-0.2, 0) is 14.3 Å². The number of aliphatic hydroxyl groups excluding tert-OH is 2. The highest BCUT2D eigenvalue weighted by Gasteiger charge is 2.18. The number of unbranched alkanes of at least 4 members (excludes halogenated alkanes) is 52. The Hall–Kier alpha value is -1.66. The van der Waals surface area contributed by atoms with Crippen LogP contribution in [0.5, 0.6) is 0 Å². The molecule has 6 nitrogen and oxygen atoms in total. The number of rotatable bonds is 65. The van der Waals surface area contributed by atoms with Gasteiger partial charge in [-0.15, -0.1) is 0 Å². The van der Waals surface area contributed by atoms with Crippen LogP contribution < -0.4 is 5.32 Å². The first kappa shape index (κ1) is 74.3. The number of hydrogen-bond donors (Lipinski definition) is 3. The van der Waals surface area contributed by atoms with Gasteiger partial charge in [0.1, 0.15) is 0 Å². The Morgan fingerprint density at radius 2 is 0.618 bits per heavy atom. The van der Waals surface area contributed by atoms with Crippen molar-refractivity contribution in [3.8, 4) is 0 Å². The van der Waals surface area contributed by atoms with E-state index in [1.165, 1.54) is 315 Å². The summed E-state index contributed by atoms with van der Waals surface area (Å²) in [5, 5.41) is 23.3. The van der Waals surface area contributed by atoms with Crippen molar-refractivity contribution in [2.24, 2.45) is 0 Å². The normalized spacial score (nSPS) is 12.6. The number of nitrogens with one attached hydrogen (secondary N) is 1. The average molecular weight is 1070 g/mol. The molecule has 0 aliphatic rings. The largest absolute Gasteiger partial charge is 0.466 e. The highest BCUT2D eigenvalue weighted by atomic mass is 16.5. The standard InChI is InChI=1S/C70H135NO5/c1-3-5-7-9-11-13-15-17-19-20-21-22-23-24-25-28-31-35-38-42-46-50-54-58-62-68(73)67(66-72)71-69(74)63-59-55-51-47-43-39-36-32-29-26-27-30-33-37-41-45-49-53-57-61-65-76-70(75)64-60-56-52-48-44-40-34-18-16-14-12-10-8-6-4-2/h18,34,58,62,67-68,72-73H,3-17,19-33,35-57,59-61,63-66H2,1-2H3,(H,71,74)/b34-18-,62-58+. The van der Waals surface area contributed by atoms with Gasteiger partial charge in [0.2, 0.25) is 5.91 Å². The Morgan fingerprint density at radius 3 is 0.934 bits per heavy atom. The van der Waals surface area contributed by atoms with Gasteiger partial charge >= 0.3 is 5.97 Å². The molecule has 0 aliphatic carbocycles. The van der Waals surface area contributed by atoms with Crippen LogP contribution in [0.25, 0.3) is 0 Å². The smallest absolute Gasteiger partial charge is 0.305 e. The number of hydrogen-bond acceptors (Lipinski definition) is 5. The molecule has 76 heavy (non-hydrogen) atoms. The van der Waals surface area contributed by atoms with E-state index in [1.54, 1.807) is 6.08 Å². The molecule has 0 saturated carbocycles. The summed E-state index contributed by atoms with van der Waals surface area (Å²) in [5.41, 5.74) is 0. The van der Waals surface area contributed by atoms with E-state index in [0.29, 0.717) is 19.4 Å². The van der Waals surface area contributed by atoms with E-state index in [4.69, 9.17) is 4.74 Å². The molecule has 0 aromatic carbocycles. The van der Waals surface area contributed by atoms with Gasteiger partial charge in [0.05, 0.1) is 25.4 Å². The van der Waals surface area contributed by atoms with Crippen molar-refractivity contribution in [2.75, 3.05) is 13.2 Å². The Morgan fingerprint density at radius 1 is 0.355 bits per heavy atom. The maximum atomic E-state index is 12.5. The second-order valence-electron chi connectivity index (χ2n) is 23.9. The lowest BCUT2D eigenvalue weighted by Crippen LogP contribution is -2.45. The molecule has 3 N–H and O–H groups in total. The summed E-state index contributed by atoms with van der Waals surface area (Å²) >= 11 is 0. The lowest BCUT2D eigenvalue weighted by Gasteiger charge is -2.20. The molecule has 0 bridgehead atoms. The average Bonchev–Trinajstić information content (AvgIpc) is 3.42. The molecule has 0 spiro atoms. The van der Waals surface area contributed by atoms with E-state index >= 15 is 0 Å². The molecular formula is C70H135NO5. The van der Waals surface area contributed by atoms with Crippen molar-refractivity contribution in [2.45, 2.75) is 398 Å². The topological polar surface area (TPSA) is 95.9 Å². The number of aliphatic hydroxyl groups is 2. The van der Waals surface area contributed by atoms with E-state index in [9.17, 15) is 19.8 Å². The van der Waals surface area contributed by atoms with Gasteiger partial charge in [-0.2, -0.15) is 0 Å². The predicted molar refractivity (Wildman–Crippen MR) is 333 cm³/mol. The van der Waals surface area contributed by atoms with Crippen molar-refractivity contribution in [1.29, 1.82) is 0 Å². The highest BCUT2D eigenvalue weighted by Crippen LogP contribution is 2.19. The first-order valence-corrected chi connectivity index (χ1v) is 34.6. The van der Waals surface area contributed by atoms with Crippen LogP contribution in [0.3, 0.4) is 0 Å². The number of carbonyl (C=O) groups excluding carboxylic acids is 2. The molecule has 0 rings (SSSR count). The molecule has 6 heteroatoms. The van der Waals surface area contributed by atoms with Crippen LogP contribution in [0, 0.1) is 0 Å². The fraction of sp³-hybridized carbons (Fsp3) is 0.914. The minimum Gasteiger partial charge on any atom is -0.466 e. The number of allylic oxidation sites excluding steroid dienone is 3. The van der Waals surface area contributed by atoms with Crippen molar-refractivity contribution in [3.05, 3.63) is 24.3 Å². The molecule has 2 atom stereocenters. The lowest BCUT2D eigenvalue weighted by atomic mass is 10.0. The van der Waals surface area contributed by atoms with E-state index in [1.807, 2.05) is 6.08 Å². The second-order valence-corrected chi connectivity index (χ2v) is 23.9. The van der Waals surface area contributed by atoms with Crippen LogP contribution in [0.2, 0.25) is 0 Å². The summed E-state index contributed by atoms with van der Waals surface area (Å²) in [6.45, 7) is 4.93. The number of amides is 1. The number of carbonyl (C=O) groups is 2. The fourth-order valence-corrected chi connectivity index (χ4v) is 10.9. The van der Waals surface area contributed by atoms with Crippen LogP contribution in [0.15, 0.2) is 24.3 Å². The molecule has 450 valence electrons. The van der Waals surface area contributed by atoms with E-state index in [-0.39, 0.29) is 18.5 Å². The van der Waals surface area contributed by atoms with Crippen molar-refractivity contribution in [1.82, 2.24) is 5.32 Å². The minimum absolute atomic E-state index is 0.00292. The molecule has 0 aromatic rings. The molecule has 0 aromatic heterocycles. The predicted octanol–water partition coefficient (Wildman–Crippen LogP) is 22.1. The summed E-state index contributed by atoms with van der Waals surface area (Å²) in [4.78, 5) is 24.6. The fourth-order valence-electron chi connectivity index (χ4n) is 10.9. The van der Waals surface area contributed by atoms with Crippen LogP contribution >= 0.6 is 0 Å². The van der Waals surface area contributed by atoms with Gasteiger partial charge < -0.3 is 20.3 Å². The first-order chi connectivity index (χ1) is 37.5. The maximum absolute atomic E-state index is 12.5. The Labute approximate surface area is 475 Å². The van der Waals surface area contributed by atoms with Gasteiger partial charge in [-0.25, -0.2) is 0 Å². The molecule has 0 heterocycles. The third-order valence-corrected chi connectivity index (χ3v) is 16.2. The zero-order chi connectivity index (χ0) is 55.0. The molecule has 0 saturated heterocycles. The monoisotopic (exact) mass is 1070 g/mol. The SMILES string of the molecule is CCCCCCCC/C=C\CCCCCCCC(=O)OCCCCCCCCCCCCCCCCCCCCCCC(=O)NC(CO)C(O)/C=C/CCCCCCCCCCCCCCCCCCCCCCCC. The van der Waals surface area contributed by atoms with Gasteiger partial charge in [0.15, 0.2) is 0 Å². The molecule has 0 radical (unpaired) electrons. The van der Waals surface area contributed by atoms with Crippen molar-refractivity contribution in [3.63, 3.8) is 0 Å². The molecular weight excluding hydrogens is 935 g/mol. The lowest BCUT2D eigenvalue weighted by molar-refractivity contribution is -0.143. The Balaban J connectivity index is 3.42. The minimum atomic E-state index is -0.847. The van der Waals surface area contributed by atoms with E-state index < -0.39 is 12.1 Å². The Kier molecular flexibility index (Phi) is 64.4. The zero-order valence-corrected chi connectivity index (χ0v) is 51.5. The number of esters is 1. The first-order valence-electron chi connectivity index (χ1n) is 34.6. The Bertz CT molecular complexity index is 1190. The van der Waals surface area contributed by atoms with E-state index in [0.717, 1.165) is 44.9 Å². The summed E-state index contributed by atoms with van der Waals surface area (Å²) in [6.07, 6.45) is 82.4. The molecule has 1 amide bonds. The van der Waals surface area contributed by atoms with E-state index in [2.05, 4.69) is 31.3 Å². The summed E-state index contributed by atoms with van der Waals surface area (Å²) < 4.78 is 5.49. The highest BCUT2D eigenvalue weighted by molar-refractivity contribution is 5.76. The van der Waals surface area contributed by atoms with Gasteiger partial charge in [0, 0.05) is 12.8 Å². The van der Waals surface area contributed by atoms with Crippen LogP contribution in [0.1, 0.15) is 386 Å². The number of ether oxygens (including phenoxy) is 1. The van der Waals surface area contributed by atoms with Crippen LogP contribution in [-0.4, -0.2) is 47.4 Å². The summed E-state index contributed by atoms with van der Waals surface area (Å²) in [6, 6.07) is -0.631. The van der Waals surface area contributed by atoms with Gasteiger partial charge in [-0.3, -0.25) is 9.59 Å². The summed E-state index contributed by atoms with van der Waals surface area (Å²) in [5.74, 6) is -0.0627. The van der Waals surface area contributed by atoms with Gasteiger partial charge in [0.25, 0.3) is 0 Å². The molecule has 0 aliphatic heterocycles.